The molecule has 0 spiro atoms. The molecule has 6 heteroatoms. The van der Waals surface area contributed by atoms with Gasteiger partial charge < -0.3 is 15.7 Å². The summed E-state index contributed by atoms with van der Waals surface area (Å²) >= 11 is 0. The van der Waals surface area contributed by atoms with Crippen molar-refractivity contribution in [3.05, 3.63) is 65.5 Å². The molecular formula is C15H13FN2O3. The number of carbonyl (C=O) groups excluding carboxylic acids is 1. The Bertz CT molecular complexity index is 673. The van der Waals surface area contributed by atoms with E-state index in [4.69, 9.17) is 5.11 Å². The van der Waals surface area contributed by atoms with E-state index in [0.717, 1.165) is 0 Å². The summed E-state index contributed by atoms with van der Waals surface area (Å²) in [5, 5.41) is 14.0. The molecule has 0 aliphatic heterocycles. The molecule has 0 bridgehead atoms. The molecule has 3 N–H and O–H groups in total. The van der Waals surface area contributed by atoms with Crippen LogP contribution in [0.1, 0.15) is 15.9 Å². The number of carboxylic acids is 1. The van der Waals surface area contributed by atoms with Gasteiger partial charge in [0.05, 0.1) is 11.3 Å². The van der Waals surface area contributed by atoms with Crippen LogP contribution >= 0.6 is 0 Å². The number of halogens is 1. The summed E-state index contributed by atoms with van der Waals surface area (Å²) in [6, 6.07) is 11.4. The van der Waals surface area contributed by atoms with Crippen molar-refractivity contribution in [2.24, 2.45) is 0 Å². The Labute approximate surface area is 120 Å². The van der Waals surface area contributed by atoms with Crippen LogP contribution in [0.3, 0.4) is 0 Å². The van der Waals surface area contributed by atoms with Gasteiger partial charge in [-0.25, -0.2) is 14.0 Å². The highest BCUT2D eigenvalue weighted by molar-refractivity contribution is 5.99. The van der Waals surface area contributed by atoms with Crippen LogP contribution in [0.2, 0.25) is 0 Å². The number of rotatable bonds is 4. The Morgan fingerprint density at radius 3 is 2.57 bits per heavy atom. The van der Waals surface area contributed by atoms with Crippen LogP contribution in [0.15, 0.2) is 48.5 Å². The Morgan fingerprint density at radius 1 is 1.10 bits per heavy atom. The molecule has 0 saturated heterocycles. The predicted octanol–water partition coefficient (Wildman–Crippen LogP) is 2.85. The molecule has 2 rings (SSSR count). The maximum absolute atomic E-state index is 13.0. The number of urea groups is 1. The van der Waals surface area contributed by atoms with E-state index in [1.807, 2.05) is 0 Å². The minimum Gasteiger partial charge on any atom is -0.478 e. The topological polar surface area (TPSA) is 78.4 Å². The van der Waals surface area contributed by atoms with E-state index in [9.17, 15) is 14.0 Å². The van der Waals surface area contributed by atoms with E-state index >= 15 is 0 Å². The summed E-state index contributed by atoms with van der Waals surface area (Å²) in [6.45, 7) is 0.138. The molecule has 0 heterocycles. The first kappa shape index (κ1) is 14.5. The number of carboxylic acid groups (broad SMARTS) is 1. The van der Waals surface area contributed by atoms with Gasteiger partial charge in [0.1, 0.15) is 5.82 Å². The van der Waals surface area contributed by atoms with Crippen LogP contribution in [0, 0.1) is 5.82 Å². The van der Waals surface area contributed by atoms with E-state index in [2.05, 4.69) is 10.6 Å². The van der Waals surface area contributed by atoms with Gasteiger partial charge in [0.25, 0.3) is 0 Å². The second kappa shape index (κ2) is 6.51. The van der Waals surface area contributed by atoms with E-state index in [1.165, 1.54) is 24.3 Å². The Hall–Kier alpha value is -2.89. The van der Waals surface area contributed by atoms with Crippen molar-refractivity contribution in [3.63, 3.8) is 0 Å². The Kier molecular flexibility index (Phi) is 4.50. The van der Waals surface area contributed by atoms with Crippen LogP contribution in [0.4, 0.5) is 14.9 Å². The summed E-state index contributed by atoms with van der Waals surface area (Å²) in [6.07, 6.45) is 0. The molecule has 2 aromatic rings. The lowest BCUT2D eigenvalue weighted by molar-refractivity contribution is 0.0698. The van der Waals surface area contributed by atoms with Gasteiger partial charge in [-0.15, -0.1) is 0 Å². The molecule has 108 valence electrons. The normalized spacial score (nSPS) is 9.95. The minimum absolute atomic E-state index is 0.00148. The van der Waals surface area contributed by atoms with Gasteiger partial charge in [-0.2, -0.15) is 0 Å². The number of benzene rings is 2. The van der Waals surface area contributed by atoms with E-state index in [-0.39, 0.29) is 23.6 Å². The zero-order chi connectivity index (χ0) is 15.2. The van der Waals surface area contributed by atoms with Gasteiger partial charge in [-0.05, 0) is 29.8 Å². The molecule has 5 nitrogen and oxygen atoms in total. The molecule has 0 atom stereocenters. The quantitative estimate of drug-likeness (QED) is 0.809. The van der Waals surface area contributed by atoms with Crippen molar-refractivity contribution < 1.29 is 19.1 Å². The average molecular weight is 288 g/mol. The first-order chi connectivity index (χ1) is 10.1. The molecular weight excluding hydrogens is 275 g/mol. The number of para-hydroxylation sites is 1. The molecule has 0 aliphatic rings. The molecule has 0 radical (unpaired) electrons. The van der Waals surface area contributed by atoms with Gasteiger partial charge in [-0.3, -0.25) is 0 Å². The SMILES string of the molecule is O=C(NCc1cccc(F)c1)Nc1ccccc1C(=O)O. The molecule has 2 aromatic carbocycles. The second-order valence-corrected chi connectivity index (χ2v) is 4.29. The summed E-state index contributed by atoms with van der Waals surface area (Å²) < 4.78 is 13.0. The maximum Gasteiger partial charge on any atom is 0.337 e. The number of aromatic carboxylic acids is 1. The molecule has 0 unspecified atom stereocenters. The number of hydrogen-bond acceptors (Lipinski definition) is 2. The number of amides is 2. The zero-order valence-corrected chi connectivity index (χ0v) is 11.0. The number of carbonyl (C=O) groups is 2. The molecule has 0 aromatic heterocycles. The molecule has 0 saturated carbocycles. The zero-order valence-electron chi connectivity index (χ0n) is 11.0. The van der Waals surface area contributed by atoms with Crippen LogP contribution in [0.5, 0.6) is 0 Å². The van der Waals surface area contributed by atoms with Crippen molar-refractivity contribution in [2.75, 3.05) is 5.32 Å². The van der Waals surface area contributed by atoms with E-state index in [1.54, 1.807) is 24.3 Å². The molecule has 21 heavy (non-hydrogen) atoms. The molecule has 0 fully saturated rings. The molecule has 0 aliphatic carbocycles. The fraction of sp³-hybridized carbons (Fsp3) is 0.0667. The van der Waals surface area contributed by atoms with Gasteiger partial charge in [0, 0.05) is 6.54 Å². The lowest BCUT2D eigenvalue weighted by Gasteiger charge is -2.09. The number of nitrogens with one attached hydrogen (secondary N) is 2. The van der Waals surface area contributed by atoms with Crippen LogP contribution in [0.25, 0.3) is 0 Å². The summed E-state index contributed by atoms with van der Waals surface area (Å²) in [7, 11) is 0. The fourth-order valence-electron chi connectivity index (χ4n) is 1.77. The fourth-order valence-corrected chi connectivity index (χ4v) is 1.77. The third kappa shape index (κ3) is 4.04. The van der Waals surface area contributed by atoms with Crippen LogP contribution in [-0.4, -0.2) is 17.1 Å². The third-order valence-electron chi connectivity index (χ3n) is 2.75. The van der Waals surface area contributed by atoms with Crippen molar-refractivity contribution in [3.8, 4) is 0 Å². The van der Waals surface area contributed by atoms with E-state index < -0.39 is 12.0 Å². The van der Waals surface area contributed by atoms with Crippen molar-refractivity contribution in [2.45, 2.75) is 6.54 Å². The second-order valence-electron chi connectivity index (χ2n) is 4.29. The van der Waals surface area contributed by atoms with Crippen molar-refractivity contribution >= 4 is 17.7 Å². The highest BCUT2D eigenvalue weighted by atomic mass is 19.1. The van der Waals surface area contributed by atoms with E-state index in [0.29, 0.717) is 5.56 Å². The lowest BCUT2D eigenvalue weighted by Crippen LogP contribution is -2.28. The van der Waals surface area contributed by atoms with Gasteiger partial charge >= 0.3 is 12.0 Å². The monoisotopic (exact) mass is 288 g/mol. The Balaban J connectivity index is 1.98. The summed E-state index contributed by atoms with van der Waals surface area (Å²) in [4.78, 5) is 22.7. The predicted molar refractivity (Wildman–Crippen MR) is 75.7 cm³/mol. The first-order valence-corrected chi connectivity index (χ1v) is 6.18. The largest absolute Gasteiger partial charge is 0.478 e. The van der Waals surface area contributed by atoms with Gasteiger partial charge in [-0.1, -0.05) is 24.3 Å². The first-order valence-electron chi connectivity index (χ1n) is 6.18. The maximum atomic E-state index is 13.0. The van der Waals surface area contributed by atoms with Crippen LogP contribution in [-0.2, 0) is 6.54 Å². The summed E-state index contributed by atoms with van der Waals surface area (Å²) in [5.41, 5.74) is 0.803. The highest BCUT2D eigenvalue weighted by Crippen LogP contribution is 2.14. The third-order valence-corrected chi connectivity index (χ3v) is 2.75. The summed E-state index contributed by atoms with van der Waals surface area (Å²) in [5.74, 6) is -1.51. The highest BCUT2D eigenvalue weighted by Gasteiger charge is 2.11. The number of anilines is 1. The Morgan fingerprint density at radius 2 is 1.86 bits per heavy atom. The van der Waals surface area contributed by atoms with Crippen LogP contribution < -0.4 is 10.6 Å². The average Bonchev–Trinajstić information content (AvgIpc) is 2.45. The standard InChI is InChI=1S/C15H13FN2O3/c16-11-5-3-4-10(8-11)9-17-15(21)18-13-7-2-1-6-12(13)14(19)20/h1-8H,9H2,(H,19,20)(H2,17,18,21). The van der Waals surface area contributed by atoms with Crippen molar-refractivity contribution in [1.29, 1.82) is 0 Å². The molecule has 2 amide bonds. The van der Waals surface area contributed by atoms with Gasteiger partial charge in [0.15, 0.2) is 0 Å². The van der Waals surface area contributed by atoms with Crippen molar-refractivity contribution in [1.82, 2.24) is 5.32 Å². The minimum atomic E-state index is -1.13. The smallest absolute Gasteiger partial charge is 0.337 e. The lowest BCUT2D eigenvalue weighted by atomic mass is 10.2. The number of hydrogen-bond donors (Lipinski definition) is 3. The van der Waals surface area contributed by atoms with Gasteiger partial charge in [0.2, 0.25) is 0 Å².